The highest BCUT2D eigenvalue weighted by Crippen LogP contribution is 2.32. The number of hydrogen-bond acceptors (Lipinski definition) is 4. The van der Waals surface area contributed by atoms with Crippen LogP contribution in [-0.4, -0.2) is 29.3 Å². The number of benzene rings is 1. The summed E-state index contributed by atoms with van der Waals surface area (Å²) < 4.78 is 5.15. The largest absolute Gasteiger partial charge is 0.467 e. The molecule has 0 bridgehead atoms. The lowest BCUT2D eigenvalue weighted by molar-refractivity contribution is -0.134. The van der Waals surface area contributed by atoms with Gasteiger partial charge >= 0.3 is 6.03 Å². The van der Waals surface area contributed by atoms with Crippen molar-refractivity contribution >= 4 is 17.8 Å². The molecule has 7 heteroatoms. The van der Waals surface area contributed by atoms with Crippen molar-refractivity contribution in [2.24, 2.45) is 0 Å². The SMILES string of the molecule is C[C@@]1(c2ccc3c(c2)CCC3)NC(=O)N(CC(=O)NCc2ccco2)C1=O. The summed E-state index contributed by atoms with van der Waals surface area (Å²) in [6.45, 7) is 1.56. The molecule has 4 amide bonds. The number of imide groups is 1. The van der Waals surface area contributed by atoms with Crippen LogP contribution in [0.3, 0.4) is 0 Å². The highest BCUT2D eigenvalue weighted by Gasteiger charge is 2.49. The summed E-state index contributed by atoms with van der Waals surface area (Å²) in [5.41, 5.74) is 2.12. The molecule has 1 aliphatic heterocycles. The van der Waals surface area contributed by atoms with Gasteiger partial charge in [-0.25, -0.2) is 4.79 Å². The van der Waals surface area contributed by atoms with Crippen LogP contribution in [0.25, 0.3) is 0 Å². The average Bonchev–Trinajstić information content (AvgIpc) is 3.37. The van der Waals surface area contributed by atoms with Crippen LogP contribution in [-0.2, 0) is 34.5 Å². The smallest absolute Gasteiger partial charge is 0.325 e. The van der Waals surface area contributed by atoms with Crippen LogP contribution >= 0.6 is 0 Å². The molecular weight excluding hydrogens is 346 g/mol. The predicted molar refractivity (Wildman–Crippen MR) is 96.6 cm³/mol. The monoisotopic (exact) mass is 367 g/mol. The molecule has 0 unspecified atom stereocenters. The van der Waals surface area contributed by atoms with Crippen LogP contribution in [0.15, 0.2) is 41.0 Å². The van der Waals surface area contributed by atoms with Crippen molar-refractivity contribution < 1.29 is 18.8 Å². The van der Waals surface area contributed by atoms with Crippen LogP contribution < -0.4 is 10.6 Å². The molecule has 1 fully saturated rings. The Balaban J connectivity index is 1.47. The molecule has 0 spiro atoms. The molecule has 2 aromatic rings. The number of nitrogens with one attached hydrogen (secondary N) is 2. The van der Waals surface area contributed by atoms with Gasteiger partial charge in [0.1, 0.15) is 17.8 Å². The van der Waals surface area contributed by atoms with Gasteiger partial charge in [-0.2, -0.15) is 0 Å². The summed E-state index contributed by atoms with van der Waals surface area (Å²) >= 11 is 0. The fourth-order valence-corrected chi connectivity index (χ4v) is 3.72. The summed E-state index contributed by atoms with van der Waals surface area (Å²) in [5.74, 6) is -0.241. The lowest BCUT2D eigenvalue weighted by atomic mass is 9.89. The second-order valence-electron chi connectivity index (χ2n) is 7.14. The van der Waals surface area contributed by atoms with Gasteiger partial charge in [0, 0.05) is 0 Å². The Morgan fingerprint density at radius 1 is 1.26 bits per heavy atom. The molecule has 7 nitrogen and oxygen atoms in total. The van der Waals surface area contributed by atoms with Crippen molar-refractivity contribution in [2.75, 3.05) is 6.54 Å². The van der Waals surface area contributed by atoms with Gasteiger partial charge in [0.05, 0.1) is 12.8 Å². The molecule has 1 aliphatic carbocycles. The number of aryl methyl sites for hydroxylation is 2. The number of urea groups is 1. The maximum Gasteiger partial charge on any atom is 0.325 e. The standard InChI is InChI=1S/C20H21N3O4/c1-20(15-8-7-13-4-2-5-14(13)10-15)18(25)23(19(26)22-20)12-17(24)21-11-16-6-3-9-27-16/h3,6-10H,2,4-5,11-12H2,1H3,(H,21,24)(H,22,26)/t20-/m0/s1. The maximum atomic E-state index is 13.0. The molecule has 0 saturated carbocycles. The van der Waals surface area contributed by atoms with Crippen molar-refractivity contribution in [1.29, 1.82) is 0 Å². The van der Waals surface area contributed by atoms with Gasteiger partial charge in [-0.05, 0) is 55.0 Å². The third-order valence-corrected chi connectivity index (χ3v) is 5.29. The van der Waals surface area contributed by atoms with E-state index in [1.807, 2.05) is 18.2 Å². The van der Waals surface area contributed by atoms with Crippen LogP contribution in [0, 0.1) is 0 Å². The normalized spacial score (nSPS) is 21.3. The minimum atomic E-state index is -1.16. The summed E-state index contributed by atoms with van der Waals surface area (Å²) in [6.07, 6.45) is 4.66. The Morgan fingerprint density at radius 2 is 2.07 bits per heavy atom. The number of carbonyl (C=O) groups excluding carboxylic acids is 3. The van der Waals surface area contributed by atoms with E-state index >= 15 is 0 Å². The first-order valence-corrected chi connectivity index (χ1v) is 9.03. The van der Waals surface area contributed by atoms with Crippen molar-refractivity contribution in [2.45, 2.75) is 38.3 Å². The lowest BCUT2D eigenvalue weighted by Gasteiger charge is -2.23. The zero-order valence-electron chi connectivity index (χ0n) is 15.1. The topological polar surface area (TPSA) is 91.7 Å². The fourth-order valence-electron chi connectivity index (χ4n) is 3.72. The molecule has 27 heavy (non-hydrogen) atoms. The molecule has 4 rings (SSSR count). The summed E-state index contributed by atoms with van der Waals surface area (Å²) in [6, 6.07) is 8.82. The van der Waals surface area contributed by atoms with Gasteiger partial charge in [-0.1, -0.05) is 18.2 Å². The van der Waals surface area contributed by atoms with Gasteiger partial charge < -0.3 is 15.1 Å². The molecule has 0 radical (unpaired) electrons. The molecule has 2 N–H and O–H groups in total. The molecular formula is C20H21N3O4. The fraction of sp³-hybridized carbons (Fsp3) is 0.350. The molecule has 1 aromatic heterocycles. The second-order valence-corrected chi connectivity index (χ2v) is 7.14. The first kappa shape index (κ1) is 17.3. The number of furan rings is 1. The summed E-state index contributed by atoms with van der Waals surface area (Å²) in [4.78, 5) is 38.4. The molecule has 1 aromatic carbocycles. The molecule has 2 aliphatic rings. The van der Waals surface area contributed by atoms with E-state index in [9.17, 15) is 14.4 Å². The highest BCUT2D eigenvalue weighted by molar-refractivity contribution is 6.09. The van der Waals surface area contributed by atoms with Crippen molar-refractivity contribution in [3.05, 3.63) is 59.0 Å². The van der Waals surface area contributed by atoms with Gasteiger partial charge in [0.2, 0.25) is 5.91 Å². The maximum absolute atomic E-state index is 13.0. The number of hydrogen-bond donors (Lipinski definition) is 2. The predicted octanol–water partition coefficient (Wildman–Crippen LogP) is 1.85. The Bertz CT molecular complexity index is 906. The van der Waals surface area contributed by atoms with Crippen molar-refractivity contribution in [3.8, 4) is 0 Å². The first-order valence-electron chi connectivity index (χ1n) is 9.03. The van der Waals surface area contributed by atoms with E-state index < -0.39 is 23.4 Å². The number of rotatable bonds is 5. The third kappa shape index (κ3) is 3.09. The minimum absolute atomic E-state index is 0.206. The van der Waals surface area contributed by atoms with Crippen LogP contribution in [0.1, 0.15) is 35.8 Å². The van der Waals surface area contributed by atoms with E-state index in [2.05, 4.69) is 10.6 Å². The number of nitrogens with zero attached hydrogens (tertiary/aromatic N) is 1. The van der Waals surface area contributed by atoms with E-state index in [4.69, 9.17) is 4.42 Å². The Kier molecular flexibility index (Phi) is 4.22. The Hall–Kier alpha value is -3.09. The van der Waals surface area contributed by atoms with Crippen LogP contribution in [0.4, 0.5) is 4.79 Å². The van der Waals surface area contributed by atoms with Gasteiger partial charge in [-0.15, -0.1) is 0 Å². The summed E-state index contributed by atoms with van der Waals surface area (Å²) in [7, 11) is 0. The van der Waals surface area contributed by atoms with Crippen LogP contribution in [0.5, 0.6) is 0 Å². The molecule has 2 heterocycles. The molecule has 1 atom stereocenters. The van der Waals surface area contributed by atoms with Gasteiger partial charge in [-0.3, -0.25) is 14.5 Å². The minimum Gasteiger partial charge on any atom is -0.467 e. The van der Waals surface area contributed by atoms with E-state index in [1.54, 1.807) is 19.1 Å². The van der Waals surface area contributed by atoms with E-state index in [0.717, 1.165) is 29.7 Å². The quantitative estimate of drug-likeness (QED) is 0.789. The molecule has 140 valence electrons. The van der Waals surface area contributed by atoms with E-state index in [-0.39, 0.29) is 13.1 Å². The van der Waals surface area contributed by atoms with Gasteiger partial charge in [0.25, 0.3) is 5.91 Å². The van der Waals surface area contributed by atoms with Crippen LogP contribution in [0.2, 0.25) is 0 Å². The number of carbonyl (C=O) groups is 3. The first-order chi connectivity index (χ1) is 13.0. The summed E-state index contributed by atoms with van der Waals surface area (Å²) in [5, 5.41) is 5.40. The number of fused-ring (bicyclic) bond motifs is 1. The number of amides is 4. The average molecular weight is 367 g/mol. The zero-order valence-corrected chi connectivity index (χ0v) is 15.1. The lowest BCUT2D eigenvalue weighted by Crippen LogP contribution is -2.43. The van der Waals surface area contributed by atoms with E-state index in [1.165, 1.54) is 17.4 Å². The Labute approximate surface area is 156 Å². The second kappa shape index (κ2) is 6.57. The van der Waals surface area contributed by atoms with E-state index in [0.29, 0.717) is 5.76 Å². The Morgan fingerprint density at radius 3 is 2.85 bits per heavy atom. The van der Waals surface area contributed by atoms with Gasteiger partial charge in [0.15, 0.2) is 0 Å². The molecule has 1 saturated heterocycles. The highest BCUT2D eigenvalue weighted by atomic mass is 16.3. The van der Waals surface area contributed by atoms with Crippen molar-refractivity contribution in [1.82, 2.24) is 15.5 Å². The third-order valence-electron chi connectivity index (χ3n) is 5.29. The van der Waals surface area contributed by atoms with Crippen molar-refractivity contribution in [3.63, 3.8) is 0 Å². The zero-order chi connectivity index (χ0) is 19.0.